The first-order chi connectivity index (χ1) is 14.3. The summed E-state index contributed by atoms with van der Waals surface area (Å²) < 4.78 is 6.23. The Morgan fingerprint density at radius 3 is 2.17 bits per heavy atom. The van der Waals surface area contributed by atoms with Gasteiger partial charge in [0.15, 0.2) is 0 Å². The summed E-state index contributed by atoms with van der Waals surface area (Å²) in [6.07, 6.45) is 1.11. The summed E-state index contributed by atoms with van der Waals surface area (Å²) in [6.45, 7) is 1.08. The topological polar surface area (TPSA) is 82.0 Å². The van der Waals surface area contributed by atoms with Crippen LogP contribution in [0.25, 0.3) is 11.1 Å². The Kier molecular flexibility index (Phi) is 6.77. The predicted octanol–water partition coefficient (Wildman–Crippen LogP) is 2.86. The molecule has 0 radical (unpaired) electrons. The van der Waals surface area contributed by atoms with Crippen LogP contribution >= 0.6 is 0 Å². The molecule has 0 aromatic heterocycles. The number of hydrogen-bond donors (Lipinski definition) is 1. The molecular weight excluding hydrogens is 380 g/mol. The summed E-state index contributed by atoms with van der Waals surface area (Å²) in [5.41, 5.74) is 4.52. The molecule has 2 aromatic rings. The van der Waals surface area contributed by atoms with E-state index >= 15 is 0 Å². The molecule has 1 aliphatic carbocycles. The van der Waals surface area contributed by atoms with Crippen molar-refractivity contribution >= 4 is 12.1 Å². The molecule has 6 nitrogen and oxygen atoms in total. The second kappa shape index (κ2) is 9.30. The van der Waals surface area contributed by atoms with E-state index in [2.05, 4.69) is 38.3 Å². The molecule has 1 N–H and O–H groups in total. The smallest absolute Gasteiger partial charge is 0.328 e. The molecule has 160 valence electrons. The Bertz CT molecular complexity index is 872. The summed E-state index contributed by atoms with van der Waals surface area (Å²) >= 11 is 0. The van der Waals surface area contributed by atoms with Gasteiger partial charge in [-0.05, 0) is 41.5 Å². The van der Waals surface area contributed by atoms with Crippen LogP contribution in [-0.2, 0) is 9.53 Å². The van der Waals surface area contributed by atoms with Crippen LogP contribution in [0.4, 0.5) is 0 Å². The molecule has 1 atom stereocenters. The highest BCUT2D eigenvalue weighted by Gasteiger charge is 2.27. The van der Waals surface area contributed by atoms with Crippen LogP contribution in [0.15, 0.2) is 53.5 Å². The van der Waals surface area contributed by atoms with Crippen LogP contribution in [0.2, 0.25) is 0 Å². The third kappa shape index (κ3) is 5.39. The number of rotatable bonds is 9. The Labute approximate surface area is 178 Å². The fourth-order valence-corrected chi connectivity index (χ4v) is 3.93. The lowest BCUT2D eigenvalue weighted by Crippen LogP contribution is -2.35. The molecule has 1 aliphatic rings. The minimum absolute atomic E-state index is 0.0654. The average Bonchev–Trinajstić information content (AvgIpc) is 3.01. The zero-order valence-electron chi connectivity index (χ0n) is 17.9. The number of quaternary nitrogens is 1. The Hall–Kier alpha value is -2.86. The van der Waals surface area contributed by atoms with Gasteiger partial charge < -0.3 is 19.4 Å². The van der Waals surface area contributed by atoms with Crippen molar-refractivity contribution in [3.63, 3.8) is 0 Å². The molecule has 0 amide bonds. The minimum atomic E-state index is -1.09. The van der Waals surface area contributed by atoms with Gasteiger partial charge >= 0.3 is 5.97 Å². The maximum absolute atomic E-state index is 12.3. The molecule has 30 heavy (non-hydrogen) atoms. The largest absolute Gasteiger partial charge is 0.599 e. The van der Waals surface area contributed by atoms with E-state index in [1.165, 1.54) is 0 Å². The number of ether oxygens (including phenoxy) is 1. The summed E-state index contributed by atoms with van der Waals surface area (Å²) in [7, 11) is 6.28. The van der Waals surface area contributed by atoms with E-state index in [9.17, 15) is 15.0 Å². The van der Waals surface area contributed by atoms with Gasteiger partial charge in [0.25, 0.3) is 0 Å². The quantitative estimate of drug-likeness (QED) is 0.298. The first-order valence-corrected chi connectivity index (χ1v) is 10.4. The molecule has 1 unspecified atom stereocenters. The van der Waals surface area contributed by atoms with Gasteiger partial charge in [0, 0.05) is 12.5 Å². The van der Waals surface area contributed by atoms with E-state index < -0.39 is 18.1 Å². The Balaban J connectivity index is 1.63. The molecular formula is C24H30N2O4. The monoisotopic (exact) mass is 410 g/mol. The van der Waals surface area contributed by atoms with Gasteiger partial charge in [0.05, 0.1) is 27.7 Å². The molecule has 0 saturated heterocycles. The summed E-state index contributed by atoms with van der Waals surface area (Å²) in [6, 6.07) is 15.1. The van der Waals surface area contributed by atoms with Crippen molar-refractivity contribution in [2.24, 2.45) is 4.99 Å². The zero-order valence-corrected chi connectivity index (χ0v) is 17.9. The van der Waals surface area contributed by atoms with Crippen LogP contribution in [0.5, 0.6) is 0 Å². The first kappa shape index (κ1) is 21.8. The van der Waals surface area contributed by atoms with Crippen molar-refractivity contribution in [3.05, 3.63) is 59.7 Å². The molecule has 0 fully saturated rings. The van der Waals surface area contributed by atoms with E-state index in [0.29, 0.717) is 12.8 Å². The number of nitrogens with zero attached hydrogens (tertiary/aromatic N) is 2. The van der Waals surface area contributed by atoms with Crippen molar-refractivity contribution in [3.8, 4) is 11.1 Å². The molecule has 0 heterocycles. The molecule has 0 saturated carbocycles. The lowest BCUT2D eigenvalue weighted by atomic mass is 9.98. The van der Waals surface area contributed by atoms with Crippen molar-refractivity contribution in [2.45, 2.75) is 31.2 Å². The van der Waals surface area contributed by atoms with E-state index in [1.807, 2.05) is 36.4 Å². The standard InChI is InChI=1S/C24H30N2O4/c1-26(2,3)15-9-8-14-22(23(27)28)25-24(29)30-16-21-19-12-6-4-10-17(19)18-11-5-7-13-20(18)21/h4-7,10-13,21-22H,8-9,14-16H2,1-3H3,(H-,25,27,28,29). The highest BCUT2D eigenvalue weighted by molar-refractivity contribution is 5.79. The lowest BCUT2D eigenvalue weighted by Gasteiger charge is -2.24. The van der Waals surface area contributed by atoms with E-state index in [1.54, 1.807) is 0 Å². The fourth-order valence-electron chi connectivity index (χ4n) is 3.93. The highest BCUT2D eigenvalue weighted by Crippen LogP contribution is 2.44. The number of carbonyl (C=O) groups is 1. The maximum Gasteiger partial charge on any atom is 0.328 e. The summed E-state index contributed by atoms with van der Waals surface area (Å²) in [5.74, 6) is -1.15. The number of aliphatic imine (C=N–C) groups is 1. The molecule has 6 heteroatoms. The summed E-state index contributed by atoms with van der Waals surface area (Å²) in [4.78, 5) is 15.3. The number of fused-ring (bicyclic) bond motifs is 3. The van der Waals surface area contributed by atoms with Crippen molar-refractivity contribution in [1.82, 2.24) is 0 Å². The third-order valence-electron chi connectivity index (χ3n) is 5.44. The number of carboxylic acid groups (broad SMARTS) is 1. The number of aliphatic carboxylic acids is 1. The molecule has 3 rings (SSSR count). The molecule has 0 aliphatic heterocycles. The van der Waals surface area contributed by atoms with Gasteiger partial charge in [-0.25, -0.2) is 4.79 Å². The minimum Gasteiger partial charge on any atom is -0.599 e. The zero-order chi connectivity index (χ0) is 21.7. The first-order valence-electron chi connectivity index (χ1n) is 10.4. The lowest BCUT2D eigenvalue weighted by molar-refractivity contribution is -0.870. The van der Waals surface area contributed by atoms with Gasteiger partial charge in [-0.15, -0.1) is 0 Å². The highest BCUT2D eigenvalue weighted by atomic mass is 16.6. The van der Waals surface area contributed by atoms with Gasteiger partial charge in [0.1, 0.15) is 12.1 Å². The third-order valence-corrected chi connectivity index (χ3v) is 5.44. The van der Waals surface area contributed by atoms with E-state index in [4.69, 9.17) is 4.74 Å². The van der Waals surface area contributed by atoms with Crippen LogP contribution in [0.1, 0.15) is 36.3 Å². The number of carboxylic acids is 1. The van der Waals surface area contributed by atoms with Crippen molar-refractivity contribution < 1.29 is 24.2 Å². The van der Waals surface area contributed by atoms with Gasteiger partial charge in [-0.2, -0.15) is 0 Å². The molecule has 0 spiro atoms. The van der Waals surface area contributed by atoms with Crippen LogP contribution in [0.3, 0.4) is 0 Å². The second-order valence-electron chi connectivity index (χ2n) is 8.80. The maximum atomic E-state index is 12.3. The Morgan fingerprint density at radius 1 is 1.07 bits per heavy atom. The predicted molar refractivity (Wildman–Crippen MR) is 115 cm³/mol. The van der Waals surface area contributed by atoms with Crippen LogP contribution in [0, 0.1) is 0 Å². The normalized spacial score (nSPS) is 14.8. The number of hydrogen-bond acceptors (Lipinski definition) is 4. The fraction of sp³-hybridized carbons (Fsp3) is 0.417. The SMILES string of the molecule is C[N+](C)(C)CCCCC(N=C([O-])OCC1c2ccccc2-c2ccccc21)C(=O)O. The van der Waals surface area contributed by atoms with Gasteiger partial charge in [0.2, 0.25) is 0 Å². The van der Waals surface area contributed by atoms with E-state index in [0.717, 1.165) is 39.7 Å². The molecule has 2 aromatic carbocycles. The second-order valence-corrected chi connectivity index (χ2v) is 8.80. The summed E-state index contributed by atoms with van der Waals surface area (Å²) in [5, 5.41) is 21.7. The van der Waals surface area contributed by atoms with Crippen LogP contribution < -0.4 is 5.11 Å². The molecule has 0 bridgehead atoms. The average molecular weight is 411 g/mol. The number of unbranched alkanes of at least 4 members (excludes halogenated alkanes) is 1. The van der Waals surface area contributed by atoms with Crippen molar-refractivity contribution in [1.29, 1.82) is 0 Å². The van der Waals surface area contributed by atoms with Crippen molar-refractivity contribution in [2.75, 3.05) is 34.3 Å². The van der Waals surface area contributed by atoms with Crippen LogP contribution in [-0.4, -0.2) is 62.0 Å². The Morgan fingerprint density at radius 2 is 1.63 bits per heavy atom. The van der Waals surface area contributed by atoms with E-state index in [-0.39, 0.29) is 12.5 Å². The van der Waals surface area contributed by atoms with Gasteiger partial charge in [-0.3, -0.25) is 4.99 Å². The number of benzene rings is 2. The van der Waals surface area contributed by atoms with Gasteiger partial charge in [-0.1, -0.05) is 48.5 Å².